The van der Waals surface area contributed by atoms with E-state index in [4.69, 9.17) is 14.6 Å². The van der Waals surface area contributed by atoms with Gasteiger partial charge < -0.3 is 14.8 Å². The lowest BCUT2D eigenvalue weighted by Gasteiger charge is -2.12. The molecule has 178 valence electrons. The van der Waals surface area contributed by atoms with Crippen LogP contribution in [0.25, 0.3) is 16.9 Å². The number of hydrogen-bond donors (Lipinski definition) is 1. The third-order valence-electron chi connectivity index (χ3n) is 5.32. The summed E-state index contributed by atoms with van der Waals surface area (Å²) in [5, 5.41) is 19.2. The maximum Gasteiger partial charge on any atom is 0.286 e. The average Bonchev–Trinajstić information content (AvgIpc) is 3.32. The van der Waals surface area contributed by atoms with Crippen LogP contribution in [0.1, 0.15) is 22.8 Å². The normalized spacial score (nSPS) is 10.6. The maximum atomic E-state index is 13.1. The monoisotopic (exact) mass is 472 g/mol. The van der Waals surface area contributed by atoms with Gasteiger partial charge in [-0.05, 0) is 19.1 Å². The van der Waals surface area contributed by atoms with Gasteiger partial charge in [0.2, 0.25) is 0 Å². The van der Waals surface area contributed by atoms with Gasteiger partial charge in [0.1, 0.15) is 5.56 Å². The quantitative estimate of drug-likeness (QED) is 0.277. The Kier molecular flexibility index (Phi) is 7.06. The molecule has 0 spiro atoms. The summed E-state index contributed by atoms with van der Waals surface area (Å²) in [7, 11) is 1.41. The number of nitro benzene ring substituents is 1. The van der Waals surface area contributed by atoms with Crippen molar-refractivity contribution in [2.24, 2.45) is 0 Å². The number of ether oxygens (including phenoxy) is 2. The molecule has 1 aromatic heterocycles. The van der Waals surface area contributed by atoms with Crippen LogP contribution in [0.5, 0.6) is 11.5 Å². The van der Waals surface area contributed by atoms with Crippen molar-refractivity contribution in [3.63, 3.8) is 0 Å². The fourth-order valence-corrected chi connectivity index (χ4v) is 3.67. The molecule has 1 N–H and O–H groups in total. The molecular formula is C26H24N4O5. The number of para-hydroxylation sites is 1. The molecule has 0 unspecified atom stereocenters. The van der Waals surface area contributed by atoms with Gasteiger partial charge in [-0.25, -0.2) is 4.68 Å². The summed E-state index contributed by atoms with van der Waals surface area (Å²) >= 11 is 0. The molecule has 9 nitrogen and oxygen atoms in total. The van der Waals surface area contributed by atoms with Crippen molar-refractivity contribution in [1.29, 1.82) is 0 Å². The molecule has 35 heavy (non-hydrogen) atoms. The summed E-state index contributed by atoms with van der Waals surface area (Å²) in [6, 6.07) is 21.8. The van der Waals surface area contributed by atoms with Crippen LogP contribution < -0.4 is 14.8 Å². The van der Waals surface area contributed by atoms with E-state index in [1.54, 1.807) is 11.6 Å². The van der Waals surface area contributed by atoms with Gasteiger partial charge in [-0.3, -0.25) is 14.9 Å². The minimum Gasteiger partial charge on any atom is -0.493 e. The zero-order valence-electron chi connectivity index (χ0n) is 19.3. The first-order valence-corrected chi connectivity index (χ1v) is 11.0. The summed E-state index contributed by atoms with van der Waals surface area (Å²) in [4.78, 5) is 24.1. The molecule has 0 saturated heterocycles. The first-order chi connectivity index (χ1) is 17.0. The van der Waals surface area contributed by atoms with Crippen molar-refractivity contribution in [2.75, 3.05) is 13.7 Å². The predicted molar refractivity (Wildman–Crippen MR) is 131 cm³/mol. The summed E-state index contributed by atoms with van der Waals surface area (Å²) in [5.74, 6) is -0.164. The number of nitrogens with zero attached hydrogens (tertiary/aromatic N) is 3. The molecule has 9 heteroatoms. The van der Waals surface area contributed by atoms with Crippen molar-refractivity contribution < 1.29 is 19.2 Å². The first kappa shape index (κ1) is 23.5. The van der Waals surface area contributed by atoms with Gasteiger partial charge in [0, 0.05) is 29.9 Å². The molecule has 0 bridgehead atoms. The fourth-order valence-electron chi connectivity index (χ4n) is 3.67. The van der Waals surface area contributed by atoms with E-state index in [0.29, 0.717) is 12.3 Å². The largest absolute Gasteiger partial charge is 0.493 e. The number of carbonyl (C=O) groups is 1. The first-order valence-electron chi connectivity index (χ1n) is 11.0. The second kappa shape index (κ2) is 10.5. The second-order valence-corrected chi connectivity index (χ2v) is 7.54. The summed E-state index contributed by atoms with van der Waals surface area (Å²) in [6.45, 7) is 2.17. The van der Waals surface area contributed by atoms with Gasteiger partial charge in [0.05, 0.1) is 36.1 Å². The highest BCUT2D eigenvalue weighted by Gasteiger charge is 2.25. The van der Waals surface area contributed by atoms with Crippen LogP contribution in [0.3, 0.4) is 0 Å². The Morgan fingerprint density at radius 2 is 1.74 bits per heavy atom. The number of hydrogen-bond acceptors (Lipinski definition) is 6. The molecule has 0 radical (unpaired) electrons. The Morgan fingerprint density at radius 3 is 2.37 bits per heavy atom. The van der Waals surface area contributed by atoms with Crippen LogP contribution in [0.15, 0.2) is 79.0 Å². The molecule has 4 rings (SSSR count). The van der Waals surface area contributed by atoms with E-state index in [0.717, 1.165) is 16.8 Å². The number of carbonyl (C=O) groups excluding carboxylic acids is 1. The molecule has 4 aromatic rings. The molecule has 1 heterocycles. The smallest absolute Gasteiger partial charge is 0.286 e. The van der Waals surface area contributed by atoms with Gasteiger partial charge >= 0.3 is 0 Å². The number of methoxy groups -OCH3 is 1. The number of nitrogens with one attached hydrogen (secondary N) is 1. The minimum absolute atomic E-state index is 0.114. The Morgan fingerprint density at radius 1 is 1.06 bits per heavy atom. The lowest BCUT2D eigenvalue weighted by atomic mass is 10.1. The van der Waals surface area contributed by atoms with Crippen molar-refractivity contribution in [1.82, 2.24) is 15.1 Å². The van der Waals surface area contributed by atoms with E-state index >= 15 is 0 Å². The van der Waals surface area contributed by atoms with Crippen LogP contribution in [-0.4, -0.2) is 34.3 Å². The number of aromatic nitrogens is 2. The van der Waals surface area contributed by atoms with E-state index in [2.05, 4.69) is 5.32 Å². The Hall–Kier alpha value is -4.66. The van der Waals surface area contributed by atoms with Gasteiger partial charge in [-0.2, -0.15) is 5.10 Å². The van der Waals surface area contributed by atoms with Crippen LogP contribution in [0, 0.1) is 10.1 Å². The van der Waals surface area contributed by atoms with Gasteiger partial charge in [-0.15, -0.1) is 0 Å². The number of nitro groups is 1. The lowest BCUT2D eigenvalue weighted by molar-refractivity contribution is -0.385. The minimum atomic E-state index is -0.611. The number of rotatable bonds is 9. The predicted octanol–water partition coefficient (Wildman–Crippen LogP) is 4.78. The van der Waals surface area contributed by atoms with Crippen molar-refractivity contribution in [3.05, 3.63) is 100 Å². The molecular weight excluding hydrogens is 448 g/mol. The Bertz CT molecular complexity index is 1340. The SMILES string of the molecule is CCOc1cc([N+](=O)[O-])c(C(=O)NCc2cn(-c3ccccc3)nc2-c2ccccc2)cc1OC. The topological polar surface area (TPSA) is 109 Å². The van der Waals surface area contributed by atoms with Gasteiger partial charge in [0.25, 0.3) is 11.6 Å². The average molecular weight is 473 g/mol. The van der Waals surface area contributed by atoms with E-state index in [9.17, 15) is 14.9 Å². The van der Waals surface area contributed by atoms with Crippen molar-refractivity contribution >= 4 is 11.6 Å². The Labute approximate surface area is 202 Å². The zero-order valence-corrected chi connectivity index (χ0v) is 19.3. The zero-order chi connectivity index (χ0) is 24.8. The summed E-state index contributed by atoms with van der Waals surface area (Å²) in [6.07, 6.45) is 1.84. The van der Waals surface area contributed by atoms with E-state index < -0.39 is 10.8 Å². The second-order valence-electron chi connectivity index (χ2n) is 7.54. The molecule has 0 aliphatic rings. The molecule has 1 amide bonds. The van der Waals surface area contributed by atoms with E-state index in [1.807, 2.05) is 66.9 Å². The van der Waals surface area contributed by atoms with Crippen molar-refractivity contribution in [3.8, 4) is 28.4 Å². The van der Waals surface area contributed by atoms with Crippen LogP contribution >= 0.6 is 0 Å². The highest BCUT2D eigenvalue weighted by Crippen LogP contribution is 2.35. The van der Waals surface area contributed by atoms with Crippen LogP contribution in [0.4, 0.5) is 5.69 Å². The van der Waals surface area contributed by atoms with E-state index in [-0.39, 0.29) is 29.3 Å². The highest BCUT2D eigenvalue weighted by atomic mass is 16.6. The molecule has 0 saturated carbocycles. The molecule has 3 aromatic carbocycles. The fraction of sp³-hybridized carbons (Fsp3) is 0.154. The standard InChI is InChI=1S/C26H24N4O5/c1-3-35-24-15-22(30(32)33)21(14-23(24)34-2)26(31)27-16-19-17-29(20-12-8-5-9-13-20)28-25(19)18-10-6-4-7-11-18/h4-15,17H,3,16H2,1-2H3,(H,27,31). The summed E-state index contributed by atoms with van der Waals surface area (Å²) in [5.41, 5.74) is 2.74. The third kappa shape index (κ3) is 5.14. The van der Waals surface area contributed by atoms with Gasteiger partial charge in [0.15, 0.2) is 11.5 Å². The lowest BCUT2D eigenvalue weighted by Crippen LogP contribution is -2.24. The molecule has 0 atom stereocenters. The Balaban J connectivity index is 1.66. The number of benzene rings is 3. The summed E-state index contributed by atoms with van der Waals surface area (Å²) < 4.78 is 12.4. The molecule has 0 fully saturated rings. The third-order valence-corrected chi connectivity index (χ3v) is 5.32. The molecule has 0 aliphatic carbocycles. The van der Waals surface area contributed by atoms with Crippen LogP contribution in [0.2, 0.25) is 0 Å². The van der Waals surface area contributed by atoms with Crippen LogP contribution in [-0.2, 0) is 6.54 Å². The maximum absolute atomic E-state index is 13.1. The van der Waals surface area contributed by atoms with E-state index in [1.165, 1.54) is 19.2 Å². The molecule has 0 aliphatic heterocycles. The highest BCUT2D eigenvalue weighted by molar-refractivity contribution is 5.99. The number of amides is 1. The van der Waals surface area contributed by atoms with Crippen molar-refractivity contribution in [2.45, 2.75) is 13.5 Å². The van der Waals surface area contributed by atoms with Gasteiger partial charge in [-0.1, -0.05) is 48.5 Å².